The molecule has 0 amide bonds. The van der Waals surface area contributed by atoms with Gasteiger partial charge in [0.2, 0.25) is 0 Å². The van der Waals surface area contributed by atoms with Crippen molar-refractivity contribution >= 4 is 0 Å². The first-order valence-corrected chi connectivity index (χ1v) is 6.11. The van der Waals surface area contributed by atoms with Crippen LogP contribution in [0.25, 0.3) is 0 Å². The van der Waals surface area contributed by atoms with Crippen LogP contribution in [0.5, 0.6) is 0 Å². The summed E-state index contributed by atoms with van der Waals surface area (Å²) in [6, 6.07) is 0. The second-order valence-electron chi connectivity index (χ2n) is 5.87. The van der Waals surface area contributed by atoms with Gasteiger partial charge in [-0.05, 0) is 36.6 Å². The van der Waals surface area contributed by atoms with Crippen molar-refractivity contribution in [3.63, 3.8) is 0 Å². The lowest BCUT2D eigenvalue weighted by atomic mass is 9.59. The predicted molar refractivity (Wildman–Crippen MR) is 63.4 cm³/mol. The van der Waals surface area contributed by atoms with Crippen molar-refractivity contribution in [2.24, 2.45) is 16.7 Å². The molecule has 14 heavy (non-hydrogen) atoms. The minimum absolute atomic E-state index is 0.457. The molecule has 1 aliphatic rings. The number of rotatable bonds is 4. The van der Waals surface area contributed by atoms with Gasteiger partial charge in [0.25, 0.3) is 0 Å². The van der Waals surface area contributed by atoms with Gasteiger partial charge in [0.1, 0.15) is 0 Å². The Morgan fingerprint density at radius 3 is 2.14 bits per heavy atom. The third kappa shape index (κ3) is 1.84. The second kappa shape index (κ2) is 4.22. The van der Waals surface area contributed by atoms with E-state index in [2.05, 4.69) is 40.1 Å². The molecule has 1 atom stereocenters. The van der Waals surface area contributed by atoms with Gasteiger partial charge in [-0.25, -0.2) is 0 Å². The molecule has 84 valence electrons. The van der Waals surface area contributed by atoms with Crippen molar-refractivity contribution in [1.29, 1.82) is 0 Å². The van der Waals surface area contributed by atoms with E-state index in [0.29, 0.717) is 10.8 Å². The van der Waals surface area contributed by atoms with Gasteiger partial charge in [-0.3, -0.25) is 0 Å². The van der Waals surface area contributed by atoms with E-state index in [1.807, 2.05) is 0 Å². The first-order valence-electron chi connectivity index (χ1n) is 6.11. The monoisotopic (exact) mass is 197 g/mol. The summed E-state index contributed by atoms with van der Waals surface area (Å²) >= 11 is 0. The van der Waals surface area contributed by atoms with Crippen molar-refractivity contribution in [1.82, 2.24) is 5.32 Å². The lowest BCUT2D eigenvalue weighted by Crippen LogP contribution is -2.46. The Morgan fingerprint density at radius 2 is 1.79 bits per heavy atom. The van der Waals surface area contributed by atoms with Crippen LogP contribution in [0.1, 0.15) is 53.4 Å². The average molecular weight is 197 g/mol. The zero-order valence-electron chi connectivity index (χ0n) is 10.6. The molecule has 1 heteroatoms. The highest BCUT2D eigenvalue weighted by atomic mass is 14.8. The highest BCUT2D eigenvalue weighted by molar-refractivity contribution is 4.98. The lowest BCUT2D eigenvalue weighted by Gasteiger charge is -2.48. The third-order valence-corrected chi connectivity index (χ3v) is 4.90. The minimum Gasteiger partial charge on any atom is -0.319 e. The zero-order chi connectivity index (χ0) is 10.8. The standard InChI is InChI=1S/C13H27N/c1-11(2)13(4,10-14-5)12(3)8-6-7-9-12/h11,14H,6-10H2,1-5H3. The Morgan fingerprint density at radius 1 is 1.29 bits per heavy atom. The molecule has 0 saturated heterocycles. The van der Waals surface area contributed by atoms with E-state index < -0.39 is 0 Å². The van der Waals surface area contributed by atoms with Gasteiger partial charge >= 0.3 is 0 Å². The molecule has 0 aromatic carbocycles. The Kier molecular flexibility index (Phi) is 3.63. The van der Waals surface area contributed by atoms with Crippen LogP contribution in [-0.2, 0) is 0 Å². The van der Waals surface area contributed by atoms with Gasteiger partial charge in [0, 0.05) is 6.54 Å². The van der Waals surface area contributed by atoms with Gasteiger partial charge in [0.05, 0.1) is 0 Å². The van der Waals surface area contributed by atoms with Crippen molar-refractivity contribution < 1.29 is 0 Å². The highest BCUT2D eigenvalue weighted by Gasteiger charge is 2.47. The third-order valence-electron chi connectivity index (χ3n) is 4.90. The summed E-state index contributed by atoms with van der Waals surface area (Å²) in [6.45, 7) is 10.9. The van der Waals surface area contributed by atoms with E-state index in [-0.39, 0.29) is 0 Å². The number of hydrogen-bond donors (Lipinski definition) is 1. The maximum Gasteiger partial charge on any atom is 0.000983 e. The van der Waals surface area contributed by atoms with Gasteiger partial charge in [-0.2, -0.15) is 0 Å². The summed E-state index contributed by atoms with van der Waals surface area (Å²) in [5, 5.41) is 3.39. The summed E-state index contributed by atoms with van der Waals surface area (Å²) < 4.78 is 0. The molecular weight excluding hydrogens is 170 g/mol. The fourth-order valence-electron chi connectivity index (χ4n) is 3.21. The van der Waals surface area contributed by atoms with Crippen LogP contribution in [0.4, 0.5) is 0 Å². The van der Waals surface area contributed by atoms with E-state index in [0.717, 1.165) is 12.5 Å². The van der Waals surface area contributed by atoms with Crippen LogP contribution >= 0.6 is 0 Å². The van der Waals surface area contributed by atoms with Crippen molar-refractivity contribution in [3.05, 3.63) is 0 Å². The molecule has 1 saturated carbocycles. The maximum absolute atomic E-state index is 3.39. The van der Waals surface area contributed by atoms with Gasteiger partial charge < -0.3 is 5.32 Å². The maximum atomic E-state index is 3.39. The van der Waals surface area contributed by atoms with Crippen LogP contribution < -0.4 is 5.32 Å². The molecule has 0 spiro atoms. The first-order chi connectivity index (χ1) is 6.46. The van der Waals surface area contributed by atoms with Crippen LogP contribution in [0.2, 0.25) is 0 Å². The average Bonchev–Trinajstić information content (AvgIpc) is 2.53. The fraction of sp³-hybridized carbons (Fsp3) is 1.00. The molecule has 1 aliphatic carbocycles. The number of hydrogen-bond acceptors (Lipinski definition) is 1. The minimum atomic E-state index is 0.457. The molecule has 1 rings (SSSR count). The van der Waals surface area contributed by atoms with Crippen LogP contribution in [0.3, 0.4) is 0 Å². The van der Waals surface area contributed by atoms with Crippen LogP contribution in [0.15, 0.2) is 0 Å². The topological polar surface area (TPSA) is 12.0 Å². The summed E-state index contributed by atoms with van der Waals surface area (Å²) in [5.41, 5.74) is 1.02. The normalized spacial score (nSPS) is 25.3. The summed E-state index contributed by atoms with van der Waals surface area (Å²) in [7, 11) is 2.08. The Bertz CT molecular complexity index is 180. The Labute approximate surface area is 89.7 Å². The molecule has 1 nitrogen and oxygen atoms in total. The molecule has 0 radical (unpaired) electrons. The molecule has 0 aliphatic heterocycles. The van der Waals surface area contributed by atoms with Crippen molar-refractivity contribution in [3.8, 4) is 0 Å². The zero-order valence-corrected chi connectivity index (χ0v) is 10.6. The Hall–Kier alpha value is -0.0400. The van der Waals surface area contributed by atoms with E-state index in [1.165, 1.54) is 25.7 Å². The molecular formula is C13H27N. The lowest BCUT2D eigenvalue weighted by molar-refractivity contribution is 0.0271. The Balaban J connectivity index is 2.85. The van der Waals surface area contributed by atoms with E-state index in [9.17, 15) is 0 Å². The second-order valence-corrected chi connectivity index (χ2v) is 5.87. The molecule has 0 bridgehead atoms. The fourth-order valence-corrected chi connectivity index (χ4v) is 3.21. The molecule has 0 heterocycles. The predicted octanol–water partition coefficient (Wildman–Crippen LogP) is 3.45. The van der Waals surface area contributed by atoms with Gasteiger partial charge in [-0.15, -0.1) is 0 Å². The highest BCUT2D eigenvalue weighted by Crippen LogP contribution is 2.54. The van der Waals surface area contributed by atoms with E-state index >= 15 is 0 Å². The summed E-state index contributed by atoms with van der Waals surface area (Å²) in [4.78, 5) is 0. The SMILES string of the molecule is CNCC(C)(C(C)C)C1(C)CCCC1. The molecule has 1 unspecified atom stereocenters. The molecule has 1 fully saturated rings. The van der Waals surface area contributed by atoms with Crippen LogP contribution in [0, 0.1) is 16.7 Å². The summed E-state index contributed by atoms with van der Waals surface area (Å²) in [6.07, 6.45) is 5.71. The quantitative estimate of drug-likeness (QED) is 0.728. The van der Waals surface area contributed by atoms with Crippen molar-refractivity contribution in [2.75, 3.05) is 13.6 Å². The van der Waals surface area contributed by atoms with Crippen molar-refractivity contribution in [2.45, 2.75) is 53.4 Å². The molecule has 1 N–H and O–H groups in total. The van der Waals surface area contributed by atoms with Gasteiger partial charge in [0.15, 0.2) is 0 Å². The summed E-state index contributed by atoms with van der Waals surface area (Å²) in [5.74, 6) is 0.762. The number of nitrogens with one attached hydrogen (secondary N) is 1. The first kappa shape index (κ1) is 12.0. The van der Waals surface area contributed by atoms with Crippen LogP contribution in [-0.4, -0.2) is 13.6 Å². The van der Waals surface area contributed by atoms with E-state index in [1.54, 1.807) is 0 Å². The largest absolute Gasteiger partial charge is 0.319 e. The molecule has 0 aromatic rings. The smallest absolute Gasteiger partial charge is 0.000983 e. The van der Waals surface area contributed by atoms with Gasteiger partial charge in [-0.1, -0.05) is 40.5 Å². The molecule has 0 aromatic heterocycles. The van der Waals surface area contributed by atoms with E-state index in [4.69, 9.17) is 0 Å².